The molecule has 4 N–H and O–H groups in total. The molecule has 0 bridgehead atoms. The fourth-order valence-electron chi connectivity index (χ4n) is 10.7. The number of ether oxygens (including phenoxy) is 2. The van der Waals surface area contributed by atoms with E-state index in [4.69, 9.17) is 9.47 Å². The van der Waals surface area contributed by atoms with Gasteiger partial charge < -0.3 is 29.9 Å². The maximum absolute atomic E-state index is 11.5. The summed E-state index contributed by atoms with van der Waals surface area (Å²) in [6.07, 6.45) is 22.7. The molecule has 6 heteroatoms. The zero-order chi connectivity index (χ0) is 28.6. The lowest BCUT2D eigenvalue weighted by molar-refractivity contribution is -0.128. The van der Waals surface area contributed by atoms with Crippen LogP contribution in [0.5, 0.6) is 0 Å². The van der Waals surface area contributed by atoms with Gasteiger partial charge >= 0.3 is 0 Å². The third-order valence-electron chi connectivity index (χ3n) is 13.2. The minimum absolute atomic E-state index is 0.102. The summed E-state index contributed by atoms with van der Waals surface area (Å²) in [7, 11) is 0. The summed E-state index contributed by atoms with van der Waals surface area (Å²) < 4.78 is 13.0. The summed E-state index contributed by atoms with van der Waals surface area (Å²) in [6.45, 7) is 1.29. The summed E-state index contributed by atoms with van der Waals surface area (Å²) >= 11 is 0. The van der Waals surface area contributed by atoms with E-state index in [1.54, 1.807) is 0 Å². The van der Waals surface area contributed by atoms with Gasteiger partial charge in [0.05, 0.1) is 34.6 Å². The van der Waals surface area contributed by atoms with Crippen molar-refractivity contribution < 1.29 is 29.9 Å². The van der Waals surface area contributed by atoms with Gasteiger partial charge in [-0.25, -0.2) is 0 Å². The Morgan fingerprint density at radius 2 is 0.634 bits per heavy atom. The molecule has 0 aliphatic heterocycles. The lowest BCUT2D eigenvalue weighted by Gasteiger charge is -2.46. The molecule has 0 aromatic carbocycles. The maximum Gasteiger partial charge on any atom is 0.0676 e. The van der Waals surface area contributed by atoms with Crippen molar-refractivity contribution in [3.05, 3.63) is 0 Å². The topological polar surface area (TPSA) is 99.4 Å². The monoisotopic (exact) mass is 576 g/mol. The molecule has 0 spiro atoms. The minimum atomic E-state index is -0.570. The maximum atomic E-state index is 11.5. The van der Waals surface area contributed by atoms with Crippen LogP contribution < -0.4 is 0 Å². The Balaban J connectivity index is 1.01. The zero-order valence-corrected chi connectivity index (χ0v) is 25.7. The standard InChI is InChI=1S/C35H60O6/c36-32(10-1-2-11-32)26-20-27(33(37)12-3-4-13-33)23-30(22-26)40-18-9-19-41-31-24-28(34(38)14-5-6-15-34)21-29(25-31)35(39)16-7-8-17-35/h26-31,36-39H,1-25H2. The predicted octanol–water partition coefficient (Wildman–Crippen LogP) is 6.20. The molecule has 0 aromatic heterocycles. The van der Waals surface area contributed by atoms with E-state index in [0.29, 0.717) is 13.2 Å². The molecule has 0 radical (unpaired) electrons. The second-order valence-electron chi connectivity index (χ2n) is 15.8. The Kier molecular flexibility index (Phi) is 9.48. The molecule has 6 fully saturated rings. The molecule has 0 saturated heterocycles. The zero-order valence-electron chi connectivity index (χ0n) is 25.7. The third kappa shape index (κ3) is 6.73. The van der Waals surface area contributed by atoms with Gasteiger partial charge in [0.1, 0.15) is 0 Å². The first-order valence-electron chi connectivity index (χ1n) is 17.8. The molecule has 0 aromatic rings. The van der Waals surface area contributed by atoms with Crippen molar-refractivity contribution in [2.75, 3.05) is 13.2 Å². The largest absolute Gasteiger partial charge is 0.390 e. The van der Waals surface area contributed by atoms with Crippen LogP contribution in [0.1, 0.15) is 148 Å². The minimum Gasteiger partial charge on any atom is -0.390 e. The van der Waals surface area contributed by atoms with Gasteiger partial charge in [-0.1, -0.05) is 51.4 Å². The van der Waals surface area contributed by atoms with Crippen LogP contribution in [0.2, 0.25) is 0 Å². The summed E-state index contributed by atoms with van der Waals surface area (Å²) in [5.74, 6) is 0.920. The highest BCUT2D eigenvalue weighted by atomic mass is 16.5. The molecule has 4 atom stereocenters. The fraction of sp³-hybridized carbons (Fsp3) is 1.00. The molecule has 6 aliphatic rings. The van der Waals surface area contributed by atoms with E-state index >= 15 is 0 Å². The average Bonchev–Trinajstić information content (AvgIpc) is 3.79. The van der Waals surface area contributed by atoms with Gasteiger partial charge in [0.25, 0.3) is 0 Å². The number of aliphatic hydroxyl groups is 4. The molecule has 0 amide bonds. The van der Waals surface area contributed by atoms with Gasteiger partial charge in [-0.05, 0) is 120 Å². The van der Waals surface area contributed by atoms with Gasteiger partial charge in [-0.15, -0.1) is 0 Å². The molecule has 6 rings (SSSR count). The molecule has 6 nitrogen and oxygen atoms in total. The van der Waals surface area contributed by atoms with Crippen LogP contribution in [0.25, 0.3) is 0 Å². The Bertz CT molecular complexity index is 708. The molecule has 236 valence electrons. The Hall–Kier alpha value is -0.240. The highest BCUT2D eigenvalue weighted by molar-refractivity contribution is 5.02. The van der Waals surface area contributed by atoms with Crippen LogP contribution in [0, 0.1) is 23.7 Å². The smallest absolute Gasteiger partial charge is 0.0676 e. The Morgan fingerprint density at radius 1 is 0.390 bits per heavy atom. The molecule has 6 aliphatic carbocycles. The summed E-state index contributed by atoms with van der Waals surface area (Å²) in [5, 5.41) is 45.9. The van der Waals surface area contributed by atoms with Crippen LogP contribution in [0.3, 0.4) is 0 Å². The van der Waals surface area contributed by atoms with E-state index < -0.39 is 22.4 Å². The van der Waals surface area contributed by atoms with Gasteiger partial charge in [0.2, 0.25) is 0 Å². The second-order valence-corrected chi connectivity index (χ2v) is 15.8. The van der Waals surface area contributed by atoms with Crippen LogP contribution in [0.15, 0.2) is 0 Å². The molecule has 4 unspecified atom stereocenters. The first-order valence-corrected chi connectivity index (χ1v) is 17.8. The van der Waals surface area contributed by atoms with Crippen LogP contribution in [-0.4, -0.2) is 68.3 Å². The first kappa shape index (κ1) is 30.8. The SMILES string of the molecule is OC1(C2CC(OCCCOC3CC(C4(O)CCCC4)CC(C4(O)CCCC4)C3)CC(C3(O)CCCC3)C2)CCCC1. The highest BCUT2D eigenvalue weighted by Crippen LogP contribution is 2.52. The predicted molar refractivity (Wildman–Crippen MR) is 159 cm³/mol. The lowest BCUT2D eigenvalue weighted by atomic mass is 9.66. The van der Waals surface area contributed by atoms with Crippen molar-refractivity contribution in [3.63, 3.8) is 0 Å². The quantitative estimate of drug-likeness (QED) is 0.231. The van der Waals surface area contributed by atoms with E-state index in [1.165, 1.54) is 0 Å². The molecule has 41 heavy (non-hydrogen) atoms. The van der Waals surface area contributed by atoms with Crippen molar-refractivity contribution in [1.29, 1.82) is 0 Å². The summed E-state index contributed by atoms with van der Waals surface area (Å²) in [4.78, 5) is 0. The lowest BCUT2D eigenvalue weighted by Crippen LogP contribution is -2.48. The molecular formula is C35H60O6. The van der Waals surface area contributed by atoms with E-state index in [9.17, 15) is 20.4 Å². The molecular weight excluding hydrogens is 516 g/mol. The van der Waals surface area contributed by atoms with Crippen molar-refractivity contribution in [1.82, 2.24) is 0 Å². The molecule has 6 saturated carbocycles. The van der Waals surface area contributed by atoms with Crippen LogP contribution in [-0.2, 0) is 9.47 Å². The van der Waals surface area contributed by atoms with Crippen molar-refractivity contribution in [2.24, 2.45) is 23.7 Å². The van der Waals surface area contributed by atoms with Crippen LogP contribution in [0.4, 0.5) is 0 Å². The normalized spacial score (nSPS) is 39.8. The fourth-order valence-corrected chi connectivity index (χ4v) is 10.7. The van der Waals surface area contributed by atoms with E-state index in [1.807, 2.05) is 0 Å². The average molecular weight is 577 g/mol. The van der Waals surface area contributed by atoms with Gasteiger partial charge in [0, 0.05) is 13.2 Å². The highest BCUT2D eigenvalue weighted by Gasteiger charge is 2.51. The Labute approximate surface area is 249 Å². The van der Waals surface area contributed by atoms with Crippen molar-refractivity contribution in [2.45, 2.75) is 182 Å². The van der Waals surface area contributed by atoms with E-state index in [2.05, 4.69) is 0 Å². The van der Waals surface area contributed by atoms with Gasteiger partial charge in [-0.2, -0.15) is 0 Å². The summed E-state index contributed by atoms with van der Waals surface area (Å²) in [5.41, 5.74) is -2.28. The first-order chi connectivity index (χ1) is 19.7. The van der Waals surface area contributed by atoms with Crippen LogP contribution >= 0.6 is 0 Å². The van der Waals surface area contributed by atoms with Gasteiger partial charge in [-0.3, -0.25) is 0 Å². The van der Waals surface area contributed by atoms with Gasteiger partial charge in [0.15, 0.2) is 0 Å². The second kappa shape index (κ2) is 12.6. The third-order valence-corrected chi connectivity index (χ3v) is 13.2. The number of hydrogen-bond donors (Lipinski definition) is 4. The van der Waals surface area contributed by atoms with E-state index in [-0.39, 0.29) is 35.9 Å². The summed E-state index contributed by atoms with van der Waals surface area (Å²) in [6, 6.07) is 0. The Morgan fingerprint density at radius 3 is 0.878 bits per heavy atom. The number of rotatable bonds is 10. The van der Waals surface area contributed by atoms with Crippen molar-refractivity contribution in [3.8, 4) is 0 Å². The van der Waals surface area contributed by atoms with Crippen molar-refractivity contribution >= 4 is 0 Å². The van der Waals surface area contributed by atoms with E-state index in [0.717, 1.165) is 148 Å². The number of hydrogen-bond acceptors (Lipinski definition) is 6. The molecule has 0 heterocycles.